The molecule has 0 fully saturated rings. The van der Waals surface area contributed by atoms with Crippen LogP contribution >= 0.6 is 0 Å². The number of rotatable bonds is 1. The highest BCUT2D eigenvalue weighted by Crippen LogP contribution is 2.23. The minimum Gasteiger partial charge on any atom is -0.385 e. The molecule has 0 spiro atoms. The fourth-order valence-electron chi connectivity index (χ4n) is 1.86. The highest BCUT2D eigenvalue weighted by Gasteiger charge is 2.03. The van der Waals surface area contributed by atoms with Crippen LogP contribution in [-0.2, 0) is 0 Å². The van der Waals surface area contributed by atoms with Gasteiger partial charge in [-0.2, -0.15) is 0 Å². The Labute approximate surface area is 93.9 Å². The molecule has 1 aromatic heterocycles. The fourth-order valence-corrected chi connectivity index (χ4v) is 1.86. The zero-order chi connectivity index (χ0) is 11.7. The first-order valence-corrected chi connectivity index (χ1v) is 5.14. The minimum absolute atomic E-state index is 0.171. The number of hydrogen-bond donors (Lipinski definition) is 2. The van der Waals surface area contributed by atoms with Gasteiger partial charge < -0.3 is 10.7 Å². The summed E-state index contributed by atoms with van der Waals surface area (Å²) in [6, 6.07) is 9.47. The third kappa shape index (κ3) is 1.98. The van der Waals surface area contributed by atoms with Gasteiger partial charge in [0, 0.05) is 6.07 Å². The molecule has 1 aromatic carbocycles. The number of benzene rings is 1. The van der Waals surface area contributed by atoms with Crippen LogP contribution in [0.25, 0.3) is 11.1 Å². The van der Waals surface area contributed by atoms with Gasteiger partial charge >= 0.3 is 0 Å². The summed E-state index contributed by atoms with van der Waals surface area (Å²) < 4.78 is 0. The molecule has 2 rings (SSSR count). The Kier molecular flexibility index (Phi) is 2.52. The SMILES string of the molecule is Cc1ccc(-c2cc(N)[nH]c(=O)c2)c(C)c1. The number of H-pyrrole nitrogens is 1. The first kappa shape index (κ1) is 10.5. The van der Waals surface area contributed by atoms with Gasteiger partial charge in [-0.3, -0.25) is 4.79 Å². The molecule has 0 bridgehead atoms. The number of nitrogens with two attached hydrogens (primary N) is 1. The van der Waals surface area contributed by atoms with Crippen molar-refractivity contribution in [2.24, 2.45) is 0 Å². The van der Waals surface area contributed by atoms with Gasteiger partial charge in [0.2, 0.25) is 5.56 Å². The van der Waals surface area contributed by atoms with Gasteiger partial charge in [-0.25, -0.2) is 0 Å². The van der Waals surface area contributed by atoms with Crippen LogP contribution in [0.5, 0.6) is 0 Å². The molecule has 0 aliphatic heterocycles. The van der Waals surface area contributed by atoms with Gasteiger partial charge in [-0.05, 0) is 36.6 Å². The van der Waals surface area contributed by atoms with Crippen molar-refractivity contribution in [2.45, 2.75) is 13.8 Å². The van der Waals surface area contributed by atoms with Crippen molar-refractivity contribution in [1.29, 1.82) is 0 Å². The summed E-state index contributed by atoms with van der Waals surface area (Å²) in [6.07, 6.45) is 0. The Morgan fingerprint density at radius 2 is 1.88 bits per heavy atom. The lowest BCUT2D eigenvalue weighted by Gasteiger charge is -2.07. The largest absolute Gasteiger partial charge is 0.385 e. The van der Waals surface area contributed by atoms with Crippen molar-refractivity contribution in [1.82, 2.24) is 4.98 Å². The van der Waals surface area contributed by atoms with Gasteiger partial charge in [0.15, 0.2) is 0 Å². The van der Waals surface area contributed by atoms with E-state index < -0.39 is 0 Å². The van der Waals surface area contributed by atoms with E-state index in [2.05, 4.69) is 11.1 Å². The molecule has 0 aliphatic rings. The van der Waals surface area contributed by atoms with Crippen molar-refractivity contribution >= 4 is 5.82 Å². The van der Waals surface area contributed by atoms with Gasteiger partial charge in [0.25, 0.3) is 0 Å². The van der Waals surface area contributed by atoms with E-state index in [-0.39, 0.29) is 5.56 Å². The van der Waals surface area contributed by atoms with Crippen LogP contribution in [0.4, 0.5) is 5.82 Å². The fraction of sp³-hybridized carbons (Fsp3) is 0.154. The molecule has 3 heteroatoms. The Morgan fingerprint density at radius 1 is 1.12 bits per heavy atom. The Hall–Kier alpha value is -2.03. The normalized spacial score (nSPS) is 10.4. The molecule has 0 saturated heterocycles. The van der Waals surface area contributed by atoms with Crippen LogP contribution in [0.15, 0.2) is 35.1 Å². The number of aromatic amines is 1. The van der Waals surface area contributed by atoms with Crippen LogP contribution in [0, 0.1) is 13.8 Å². The zero-order valence-electron chi connectivity index (χ0n) is 9.37. The maximum absolute atomic E-state index is 11.3. The Balaban J connectivity index is 2.63. The highest BCUT2D eigenvalue weighted by molar-refractivity contribution is 5.69. The molecule has 3 nitrogen and oxygen atoms in total. The van der Waals surface area contributed by atoms with Crippen molar-refractivity contribution in [3.63, 3.8) is 0 Å². The molecule has 1 heterocycles. The lowest BCUT2D eigenvalue weighted by atomic mass is 9.99. The molecule has 0 unspecified atom stereocenters. The summed E-state index contributed by atoms with van der Waals surface area (Å²) in [5.41, 5.74) is 9.71. The minimum atomic E-state index is -0.171. The maximum atomic E-state index is 11.3. The van der Waals surface area contributed by atoms with E-state index >= 15 is 0 Å². The first-order valence-electron chi connectivity index (χ1n) is 5.14. The van der Waals surface area contributed by atoms with Crippen LogP contribution in [0.2, 0.25) is 0 Å². The average Bonchev–Trinajstić information content (AvgIpc) is 2.15. The van der Waals surface area contributed by atoms with Gasteiger partial charge in [0.05, 0.1) is 0 Å². The van der Waals surface area contributed by atoms with E-state index in [1.54, 1.807) is 12.1 Å². The number of nitrogens with one attached hydrogen (secondary N) is 1. The molecule has 0 radical (unpaired) electrons. The Bertz CT molecular complexity index is 585. The van der Waals surface area contributed by atoms with E-state index in [4.69, 9.17) is 5.73 Å². The van der Waals surface area contributed by atoms with Gasteiger partial charge in [-0.15, -0.1) is 0 Å². The van der Waals surface area contributed by atoms with E-state index in [1.807, 2.05) is 26.0 Å². The molecular weight excluding hydrogens is 200 g/mol. The first-order chi connectivity index (χ1) is 7.56. The summed E-state index contributed by atoms with van der Waals surface area (Å²) in [5.74, 6) is 0.391. The summed E-state index contributed by atoms with van der Waals surface area (Å²) >= 11 is 0. The monoisotopic (exact) mass is 214 g/mol. The molecule has 0 amide bonds. The van der Waals surface area contributed by atoms with Crippen molar-refractivity contribution < 1.29 is 0 Å². The number of hydrogen-bond acceptors (Lipinski definition) is 2. The molecule has 16 heavy (non-hydrogen) atoms. The summed E-state index contributed by atoms with van der Waals surface area (Å²) in [6.45, 7) is 4.07. The maximum Gasteiger partial charge on any atom is 0.250 e. The van der Waals surface area contributed by atoms with E-state index in [1.165, 1.54) is 5.56 Å². The average molecular weight is 214 g/mol. The summed E-state index contributed by atoms with van der Waals surface area (Å²) in [7, 11) is 0. The van der Waals surface area contributed by atoms with E-state index in [9.17, 15) is 4.79 Å². The molecule has 82 valence electrons. The lowest BCUT2D eigenvalue weighted by Crippen LogP contribution is -2.07. The molecular formula is C13H14N2O. The third-order valence-corrected chi connectivity index (χ3v) is 2.56. The standard InChI is InChI=1S/C13H14N2O/c1-8-3-4-11(9(2)5-8)10-6-12(14)15-13(16)7-10/h3-7H,1-2H3,(H3,14,15,16). The second-order valence-corrected chi connectivity index (χ2v) is 4.01. The second-order valence-electron chi connectivity index (χ2n) is 4.01. The molecule has 0 atom stereocenters. The van der Waals surface area contributed by atoms with Crippen molar-refractivity contribution in [3.8, 4) is 11.1 Å². The smallest absolute Gasteiger partial charge is 0.250 e. The second kappa shape index (κ2) is 3.85. The highest BCUT2D eigenvalue weighted by atomic mass is 16.1. The van der Waals surface area contributed by atoms with Gasteiger partial charge in [-0.1, -0.05) is 23.8 Å². The number of pyridine rings is 1. The quantitative estimate of drug-likeness (QED) is 0.764. The predicted octanol–water partition coefficient (Wildman–Crippen LogP) is 2.24. The van der Waals surface area contributed by atoms with Gasteiger partial charge in [0.1, 0.15) is 5.82 Å². The molecule has 0 aliphatic carbocycles. The number of aryl methyl sites for hydroxylation is 2. The van der Waals surface area contributed by atoms with Crippen molar-refractivity contribution in [3.05, 3.63) is 51.8 Å². The molecule has 2 aromatic rings. The van der Waals surface area contributed by atoms with Crippen molar-refractivity contribution in [2.75, 3.05) is 5.73 Å². The topological polar surface area (TPSA) is 58.9 Å². The lowest BCUT2D eigenvalue weighted by molar-refractivity contribution is 1.25. The number of nitrogen functional groups attached to an aromatic ring is 1. The molecule has 3 N–H and O–H groups in total. The van der Waals surface area contributed by atoms with Crippen LogP contribution in [-0.4, -0.2) is 4.98 Å². The predicted molar refractivity (Wildman–Crippen MR) is 66.4 cm³/mol. The Morgan fingerprint density at radius 3 is 2.50 bits per heavy atom. The van der Waals surface area contributed by atoms with Crippen LogP contribution < -0.4 is 11.3 Å². The third-order valence-electron chi connectivity index (χ3n) is 2.56. The van der Waals surface area contributed by atoms with Crippen LogP contribution in [0.3, 0.4) is 0 Å². The summed E-state index contributed by atoms with van der Waals surface area (Å²) in [4.78, 5) is 13.9. The zero-order valence-corrected chi connectivity index (χ0v) is 9.37. The van der Waals surface area contributed by atoms with E-state index in [0.29, 0.717) is 5.82 Å². The van der Waals surface area contributed by atoms with Crippen LogP contribution in [0.1, 0.15) is 11.1 Å². The number of aromatic nitrogens is 1. The molecule has 0 saturated carbocycles. The number of anilines is 1. The van der Waals surface area contributed by atoms with E-state index in [0.717, 1.165) is 16.7 Å². The summed E-state index contributed by atoms with van der Waals surface area (Å²) in [5, 5.41) is 0.